The van der Waals surface area contributed by atoms with Crippen molar-refractivity contribution in [3.63, 3.8) is 0 Å². The Morgan fingerprint density at radius 2 is 1.70 bits per heavy atom. The molecule has 0 aromatic heterocycles. The van der Waals surface area contributed by atoms with Gasteiger partial charge in [0.25, 0.3) is 0 Å². The number of carbonyl (C=O) groups is 5. The molecule has 2 atom stereocenters. The minimum absolute atomic E-state index is 0.192. The van der Waals surface area contributed by atoms with E-state index in [2.05, 4.69) is 26.0 Å². The van der Waals surface area contributed by atoms with Crippen molar-refractivity contribution in [1.29, 1.82) is 0 Å². The van der Waals surface area contributed by atoms with Gasteiger partial charge in [-0.1, -0.05) is 0 Å². The minimum atomic E-state index is -0.741. The molecule has 1 fully saturated rings. The van der Waals surface area contributed by atoms with Crippen LogP contribution in [-0.2, 0) is 28.7 Å². The van der Waals surface area contributed by atoms with Crippen LogP contribution in [0.25, 0.3) is 0 Å². The molecule has 4 N–H and O–H groups in total. The van der Waals surface area contributed by atoms with Gasteiger partial charge in [0.05, 0.1) is 26.2 Å². The first kappa shape index (κ1) is 25.7. The average Bonchev–Trinajstić information content (AvgIpc) is 3.17. The molecule has 2 unspecified atom stereocenters. The predicted octanol–water partition coefficient (Wildman–Crippen LogP) is -2.16. The maximum atomic E-state index is 12.5. The van der Waals surface area contributed by atoms with Gasteiger partial charge in [-0.2, -0.15) is 11.8 Å². The van der Waals surface area contributed by atoms with Crippen LogP contribution in [0.5, 0.6) is 0 Å². The molecule has 0 aromatic carbocycles. The van der Waals surface area contributed by atoms with E-state index in [1.54, 1.807) is 11.8 Å². The summed E-state index contributed by atoms with van der Waals surface area (Å²) in [5.41, 5.74) is 0. The number of nitrogens with zero attached hydrogens (tertiary/aromatic N) is 1. The largest absolute Gasteiger partial charge is 0.468 e. The molecular formula is C18H31N5O6S. The van der Waals surface area contributed by atoms with Crippen molar-refractivity contribution in [3.05, 3.63) is 0 Å². The average molecular weight is 446 g/mol. The van der Waals surface area contributed by atoms with E-state index >= 15 is 0 Å². The Bertz CT molecular complexity index is 632. The fourth-order valence-corrected chi connectivity index (χ4v) is 3.32. The van der Waals surface area contributed by atoms with Crippen LogP contribution in [0.2, 0.25) is 0 Å². The number of ether oxygens (including phenoxy) is 1. The highest BCUT2D eigenvalue weighted by Gasteiger charge is 2.30. The normalized spacial score (nSPS) is 17.0. The number of hydrogen-bond acceptors (Lipinski definition) is 8. The predicted molar refractivity (Wildman–Crippen MR) is 112 cm³/mol. The van der Waals surface area contributed by atoms with E-state index in [1.165, 1.54) is 7.11 Å². The van der Waals surface area contributed by atoms with Crippen molar-refractivity contribution < 1.29 is 28.7 Å². The Labute approximate surface area is 180 Å². The molecule has 12 heteroatoms. The highest BCUT2D eigenvalue weighted by molar-refractivity contribution is 7.98. The van der Waals surface area contributed by atoms with Crippen LogP contribution >= 0.6 is 11.8 Å². The van der Waals surface area contributed by atoms with Crippen LogP contribution in [0.4, 0.5) is 0 Å². The van der Waals surface area contributed by atoms with Gasteiger partial charge in [-0.05, 0) is 44.9 Å². The lowest BCUT2D eigenvalue weighted by Gasteiger charge is -2.23. The molecule has 1 saturated heterocycles. The Kier molecular flexibility index (Phi) is 11.8. The first-order chi connectivity index (χ1) is 14.3. The molecule has 170 valence electrons. The van der Waals surface area contributed by atoms with Crippen molar-refractivity contribution >= 4 is 41.4 Å². The highest BCUT2D eigenvalue weighted by atomic mass is 32.2. The number of carbonyl (C=O) groups excluding carboxylic acids is 5. The van der Waals surface area contributed by atoms with Gasteiger partial charge in [-0.3, -0.25) is 28.9 Å². The molecule has 11 nitrogen and oxygen atoms in total. The summed E-state index contributed by atoms with van der Waals surface area (Å²) in [6.45, 7) is -0.132. The number of likely N-dealkylation sites (N-methyl/N-ethyl adjacent to an activating group) is 1. The molecule has 1 aliphatic heterocycles. The monoisotopic (exact) mass is 445 g/mol. The fraction of sp³-hybridized carbons (Fsp3) is 0.722. The van der Waals surface area contributed by atoms with Crippen LogP contribution in [0, 0.1) is 0 Å². The van der Waals surface area contributed by atoms with Gasteiger partial charge in [0.15, 0.2) is 0 Å². The third-order valence-electron chi connectivity index (χ3n) is 4.59. The summed E-state index contributed by atoms with van der Waals surface area (Å²) in [5.74, 6) is -1.71. The maximum Gasteiger partial charge on any atom is 0.325 e. The maximum absolute atomic E-state index is 12.5. The summed E-state index contributed by atoms with van der Waals surface area (Å²) < 4.78 is 4.38. The number of esters is 1. The quantitative estimate of drug-likeness (QED) is 0.249. The van der Waals surface area contributed by atoms with Crippen molar-refractivity contribution in [2.45, 2.75) is 31.3 Å². The molecule has 1 rings (SSSR count). The SMILES string of the molecule is COC(=O)CNC(=O)CNC(=O)CNC(=O)C(CCSC)NC(=O)C1CCCN1C. The molecule has 4 amide bonds. The molecule has 0 saturated carbocycles. The van der Waals surface area contributed by atoms with Gasteiger partial charge in [0.2, 0.25) is 23.6 Å². The molecule has 1 aliphatic rings. The van der Waals surface area contributed by atoms with Crippen LogP contribution < -0.4 is 21.3 Å². The zero-order valence-corrected chi connectivity index (χ0v) is 18.4. The second kappa shape index (κ2) is 13.8. The van der Waals surface area contributed by atoms with Crippen molar-refractivity contribution in [2.75, 3.05) is 52.3 Å². The summed E-state index contributed by atoms with van der Waals surface area (Å²) in [7, 11) is 3.07. The summed E-state index contributed by atoms with van der Waals surface area (Å²) in [6, 6.07) is -0.989. The smallest absolute Gasteiger partial charge is 0.325 e. The van der Waals surface area contributed by atoms with Gasteiger partial charge < -0.3 is 26.0 Å². The molecule has 0 bridgehead atoms. The lowest BCUT2D eigenvalue weighted by molar-refractivity contribution is -0.141. The zero-order chi connectivity index (χ0) is 22.5. The second-order valence-electron chi connectivity index (χ2n) is 6.83. The number of rotatable bonds is 12. The van der Waals surface area contributed by atoms with E-state index in [9.17, 15) is 24.0 Å². The molecular weight excluding hydrogens is 414 g/mol. The number of thioether (sulfide) groups is 1. The molecule has 0 radical (unpaired) electrons. The van der Waals surface area contributed by atoms with Crippen LogP contribution in [-0.4, -0.2) is 98.9 Å². The molecule has 0 aliphatic carbocycles. The molecule has 0 aromatic rings. The van der Waals surface area contributed by atoms with Crippen molar-refractivity contribution in [1.82, 2.24) is 26.2 Å². The van der Waals surface area contributed by atoms with E-state index in [-0.39, 0.29) is 31.6 Å². The summed E-state index contributed by atoms with van der Waals surface area (Å²) >= 11 is 1.55. The molecule has 30 heavy (non-hydrogen) atoms. The first-order valence-electron chi connectivity index (χ1n) is 9.66. The third kappa shape index (κ3) is 9.44. The van der Waals surface area contributed by atoms with E-state index in [4.69, 9.17) is 0 Å². The Balaban J connectivity index is 2.42. The lowest BCUT2D eigenvalue weighted by Crippen LogP contribution is -2.53. The summed E-state index contributed by atoms with van der Waals surface area (Å²) in [5, 5.41) is 9.89. The van der Waals surface area contributed by atoms with E-state index in [0.29, 0.717) is 12.2 Å². The number of likely N-dealkylation sites (tertiary alicyclic amines) is 1. The van der Waals surface area contributed by atoms with E-state index in [1.807, 2.05) is 18.2 Å². The Hall–Kier alpha value is -2.34. The number of nitrogens with one attached hydrogen (secondary N) is 4. The Morgan fingerprint density at radius 3 is 2.27 bits per heavy atom. The van der Waals surface area contributed by atoms with E-state index in [0.717, 1.165) is 19.4 Å². The number of methoxy groups -OCH3 is 1. The zero-order valence-electron chi connectivity index (χ0n) is 17.6. The summed E-state index contributed by atoms with van der Waals surface area (Å²) in [4.78, 5) is 61.3. The lowest BCUT2D eigenvalue weighted by atomic mass is 10.1. The van der Waals surface area contributed by atoms with E-state index < -0.39 is 29.7 Å². The Morgan fingerprint density at radius 1 is 1.07 bits per heavy atom. The van der Waals surface area contributed by atoms with Gasteiger partial charge in [-0.25, -0.2) is 0 Å². The van der Waals surface area contributed by atoms with Crippen molar-refractivity contribution in [3.8, 4) is 0 Å². The number of amides is 4. The number of hydrogen-bond donors (Lipinski definition) is 4. The van der Waals surface area contributed by atoms with Crippen LogP contribution in [0.3, 0.4) is 0 Å². The topological polar surface area (TPSA) is 146 Å². The first-order valence-corrected chi connectivity index (χ1v) is 11.0. The van der Waals surface area contributed by atoms with Gasteiger partial charge >= 0.3 is 5.97 Å². The van der Waals surface area contributed by atoms with Crippen LogP contribution in [0.1, 0.15) is 19.3 Å². The van der Waals surface area contributed by atoms with Crippen molar-refractivity contribution in [2.24, 2.45) is 0 Å². The highest BCUT2D eigenvalue weighted by Crippen LogP contribution is 2.15. The molecule has 0 spiro atoms. The molecule has 1 heterocycles. The minimum Gasteiger partial charge on any atom is -0.468 e. The third-order valence-corrected chi connectivity index (χ3v) is 5.24. The van der Waals surface area contributed by atoms with Gasteiger partial charge in [-0.15, -0.1) is 0 Å². The summed E-state index contributed by atoms with van der Waals surface area (Å²) in [6.07, 6.45) is 4.02. The standard InChI is InChI=1S/C18H31N5O6S/c1-23-7-4-5-13(23)18(28)22-12(6-8-30-3)17(27)21-10-15(25)19-9-14(24)20-11-16(26)29-2/h12-13H,4-11H2,1-3H3,(H,19,25)(H,20,24)(H,21,27)(H,22,28). The van der Waals surface area contributed by atoms with Crippen LogP contribution in [0.15, 0.2) is 0 Å². The van der Waals surface area contributed by atoms with Gasteiger partial charge in [0.1, 0.15) is 12.6 Å². The van der Waals surface area contributed by atoms with Gasteiger partial charge in [0, 0.05) is 0 Å². The second-order valence-corrected chi connectivity index (χ2v) is 7.81. The fourth-order valence-electron chi connectivity index (χ4n) is 2.85.